The summed E-state index contributed by atoms with van der Waals surface area (Å²) in [6.07, 6.45) is 0. The van der Waals surface area contributed by atoms with Crippen molar-refractivity contribution in [3.63, 3.8) is 0 Å². The zero-order chi connectivity index (χ0) is 10.7. The second-order valence-electron chi connectivity index (χ2n) is 2.86. The Labute approximate surface area is 93.0 Å². The van der Waals surface area contributed by atoms with Crippen LogP contribution in [0.4, 0.5) is 0 Å². The number of rotatable bonds is 2. The van der Waals surface area contributed by atoms with E-state index < -0.39 is 0 Å². The monoisotopic (exact) mass is 229 g/mol. The molecule has 1 atom stereocenters. The Bertz CT molecular complexity index is 361. The zero-order valence-corrected chi connectivity index (χ0v) is 9.36. The minimum absolute atomic E-state index is 0.319. The topological polar surface area (TPSA) is 33.0 Å². The van der Waals surface area contributed by atoms with E-state index in [1.54, 1.807) is 19.1 Å². The van der Waals surface area contributed by atoms with Crippen LogP contribution in [0.1, 0.15) is 18.4 Å². The number of nitrogens with zero attached hydrogens (tertiary/aromatic N) is 1. The summed E-state index contributed by atoms with van der Waals surface area (Å²) < 4.78 is 4.99. The number of methoxy groups -OCH3 is 1. The Hall–Kier alpha value is -0.910. The van der Waals surface area contributed by atoms with Crippen LogP contribution in [-0.4, -0.2) is 7.11 Å². The minimum atomic E-state index is -0.319. The van der Waals surface area contributed by atoms with Gasteiger partial charge in [0.2, 0.25) is 0 Å². The molecule has 1 aromatic rings. The summed E-state index contributed by atoms with van der Waals surface area (Å²) >= 11 is 11.9. The molecule has 0 amide bonds. The predicted molar refractivity (Wildman–Crippen MR) is 57.0 cm³/mol. The van der Waals surface area contributed by atoms with Gasteiger partial charge >= 0.3 is 0 Å². The second-order valence-corrected chi connectivity index (χ2v) is 3.67. The molecule has 0 aliphatic carbocycles. The third-order valence-corrected chi connectivity index (χ3v) is 2.54. The van der Waals surface area contributed by atoms with Crippen LogP contribution in [0.2, 0.25) is 10.0 Å². The van der Waals surface area contributed by atoms with Crippen molar-refractivity contribution in [2.24, 2.45) is 0 Å². The van der Waals surface area contributed by atoms with E-state index in [1.807, 2.05) is 0 Å². The highest BCUT2D eigenvalue weighted by molar-refractivity contribution is 6.36. The molecule has 14 heavy (non-hydrogen) atoms. The number of nitriles is 1. The Morgan fingerprint density at radius 1 is 1.36 bits per heavy atom. The molecule has 0 fully saturated rings. The molecule has 4 heteroatoms. The van der Waals surface area contributed by atoms with Gasteiger partial charge in [0.25, 0.3) is 0 Å². The lowest BCUT2D eigenvalue weighted by Gasteiger charge is -2.10. The van der Waals surface area contributed by atoms with Gasteiger partial charge in [0.1, 0.15) is 5.75 Å². The highest BCUT2D eigenvalue weighted by Crippen LogP contribution is 2.34. The molecule has 0 saturated heterocycles. The smallest absolute Gasteiger partial charge is 0.121 e. The third-order valence-electron chi connectivity index (χ3n) is 1.91. The Morgan fingerprint density at radius 2 is 1.86 bits per heavy atom. The fraction of sp³-hybridized carbons (Fsp3) is 0.300. The summed E-state index contributed by atoms with van der Waals surface area (Å²) in [5.74, 6) is 0.273. The predicted octanol–water partition coefficient (Wildman–Crippen LogP) is 3.63. The molecule has 2 nitrogen and oxygen atoms in total. The van der Waals surface area contributed by atoms with Crippen LogP contribution < -0.4 is 4.74 Å². The van der Waals surface area contributed by atoms with Crippen molar-refractivity contribution < 1.29 is 4.74 Å². The lowest BCUT2D eigenvalue weighted by atomic mass is 10.0. The summed E-state index contributed by atoms with van der Waals surface area (Å²) in [5, 5.41) is 9.69. The van der Waals surface area contributed by atoms with Gasteiger partial charge in [-0.25, -0.2) is 0 Å². The number of hydrogen-bond acceptors (Lipinski definition) is 2. The average molecular weight is 230 g/mol. The van der Waals surface area contributed by atoms with E-state index in [4.69, 9.17) is 33.2 Å². The molecule has 1 rings (SSSR count). The number of ether oxygens (including phenoxy) is 1. The van der Waals surface area contributed by atoms with Crippen molar-refractivity contribution in [3.8, 4) is 11.8 Å². The van der Waals surface area contributed by atoms with E-state index in [2.05, 4.69) is 6.07 Å². The number of hydrogen-bond donors (Lipinski definition) is 0. The van der Waals surface area contributed by atoms with Gasteiger partial charge in [0.05, 0.1) is 29.1 Å². The molecule has 0 spiro atoms. The molecule has 0 aliphatic rings. The molecule has 0 saturated carbocycles. The summed E-state index contributed by atoms with van der Waals surface area (Å²) in [6, 6.07) is 5.39. The van der Waals surface area contributed by atoms with E-state index >= 15 is 0 Å². The van der Waals surface area contributed by atoms with Crippen molar-refractivity contribution in [2.45, 2.75) is 12.8 Å². The van der Waals surface area contributed by atoms with Crippen molar-refractivity contribution in [1.82, 2.24) is 0 Å². The van der Waals surface area contributed by atoms with Gasteiger partial charge in [-0.15, -0.1) is 0 Å². The highest BCUT2D eigenvalue weighted by Gasteiger charge is 2.14. The minimum Gasteiger partial charge on any atom is -0.497 e. The first kappa shape index (κ1) is 11.2. The van der Waals surface area contributed by atoms with Gasteiger partial charge in [-0.05, 0) is 19.1 Å². The Morgan fingerprint density at radius 3 is 2.21 bits per heavy atom. The van der Waals surface area contributed by atoms with Gasteiger partial charge in [0, 0.05) is 5.56 Å². The van der Waals surface area contributed by atoms with Crippen molar-refractivity contribution >= 4 is 23.2 Å². The first-order chi connectivity index (χ1) is 6.60. The lowest BCUT2D eigenvalue weighted by Crippen LogP contribution is -1.94. The Balaban J connectivity index is 3.26. The lowest BCUT2D eigenvalue weighted by molar-refractivity contribution is 0.414. The van der Waals surface area contributed by atoms with Crippen molar-refractivity contribution in [2.75, 3.05) is 7.11 Å². The van der Waals surface area contributed by atoms with Crippen LogP contribution in [0.3, 0.4) is 0 Å². The van der Waals surface area contributed by atoms with Crippen molar-refractivity contribution in [3.05, 3.63) is 27.7 Å². The van der Waals surface area contributed by atoms with Gasteiger partial charge in [0.15, 0.2) is 0 Å². The summed E-state index contributed by atoms with van der Waals surface area (Å²) in [6.45, 7) is 1.75. The van der Waals surface area contributed by atoms with Crippen LogP contribution in [0.5, 0.6) is 5.75 Å². The number of halogens is 2. The molecule has 0 aliphatic heterocycles. The average Bonchev–Trinajstić information content (AvgIpc) is 2.16. The molecule has 0 aromatic heterocycles. The molecular formula is C10H9Cl2NO. The maximum atomic E-state index is 8.77. The quantitative estimate of drug-likeness (QED) is 0.777. The summed E-state index contributed by atoms with van der Waals surface area (Å²) in [4.78, 5) is 0. The van der Waals surface area contributed by atoms with Crippen LogP contribution in [0, 0.1) is 11.3 Å². The zero-order valence-electron chi connectivity index (χ0n) is 7.84. The summed E-state index contributed by atoms with van der Waals surface area (Å²) in [7, 11) is 1.54. The van der Waals surface area contributed by atoms with Crippen LogP contribution in [-0.2, 0) is 0 Å². The first-order valence-electron chi connectivity index (χ1n) is 4.02. The summed E-state index contributed by atoms with van der Waals surface area (Å²) in [5.41, 5.74) is 0.650. The molecule has 0 N–H and O–H groups in total. The van der Waals surface area contributed by atoms with Crippen LogP contribution in [0.25, 0.3) is 0 Å². The molecule has 0 bridgehead atoms. The maximum Gasteiger partial charge on any atom is 0.121 e. The third kappa shape index (κ3) is 2.12. The van der Waals surface area contributed by atoms with Gasteiger partial charge in [-0.1, -0.05) is 23.2 Å². The normalized spacial score (nSPS) is 11.9. The Kier molecular flexibility index (Phi) is 3.62. The van der Waals surface area contributed by atoms with Gasteiger partial charge in [-0.2, -0.15) is 5.26 Å². The maximum absolute atomic E-state index is 8.77. The second kappa shape index (κ2) is 4.54. The van der Waals surface area contributed by atoms with Crippen LogP contribution in [0.15, 0.2) is 12.1 Å². The molecular weight excluding hydrogens is 221 g/mol. The molecule has 74 valence electrons. The van der Waals surface area contributed by atoms with E-state index in [9.17, 15) is 0 Å². The first-order valence-corrected chi connectivity index (χ1v) is 4.78. The highest BCUT2D eigenvalue weighted by atomic mass is 35.5. The number of benzene rings is 1. The van der Waals surface area contributed by atoms with E-state index in [1.165, 1.54) is 7.11 Å². The van der Waals surface area contributed by atoms with E-state index in [0.29, 0.717) is 21.4 Å². The fourth-order valence-electron chi connectivity index (χ4n) is 1.16. The van der Waals surface area contributed by atoms with Crippen molar-refractivity contribution in [1.29, 1.82) is 5.26 Å². The van der Waals surface area contributed by atoms with Gasteiger partial charge < -0.3 is 4.74 Å². The largest absolute Gasteiger partial charge is 0.497 e. The fourth-order valence-corrected chi connectivity index (χ4v) is 1.95. The SMILES string of the molecule is COc1cc(Cl)c(C(C)C#N)c(Cl)c1. The molecule has 0 radical (unpaired) electrons. The van der Waals surface area contributed by atoms with Gasteiger partial charge in [-0.3, -0.25) is 0 Å². The molecule has 0 heterocycles. The molecule has 1 aromatic carbocycles. The van der Waals surface area contributed by atoms with E-state index in [-0.39, 0.29) is 5.92 Å². The standard InChI is InChI=1S/C10H9Cl2NO/c1-6(5-13)10-8(11)3-7(14-2)4-9(10)12/h3-4,6H,1-2H3. The van der Waals surface area contributed by atoms with Crippen LogP contribution >= 0.6 is 23.2 Å². The van der Waals surface area contributed by atoms with E-state index in [0.717, 1.165) is 0 Å². The molecule has 1 unspecified atom stereocenters.